The predicted molar refractivity (Wildman–Crippen MR) is 179 cm³/mol. The normalized spacial score (nSPS) is 17.3. The summed E-state index contributed by atoms with van der Waals surface area (Å²) >= 11 is 0. The summed E-state index contributed by atoms with van der Waals surface area (Å²) in [6.07, 6.45) is 0.0899. The Balaban J connectivity index is 1.35. The molecule has 3 N–H and O–H groups in total. The minimum atomic E-state index is -1.36. The van der Waals surface area contributed by atoms with Gasteiger partial charge in [0.05, 0.1) is 13.7 Å². The Labute approximate surface area is 268 Å². The molecule has 0 radical (unpaired) electrons. The van der Waals surface area contributed by atoms with Crippen LogP contribution in [0.15, 0.2) is 126 Å². The van der Waals surface area contributed by atoms with Gasteiger partial charge in [-0.2, -0.15) is 0 Å². The lowest BCUT2D eigenvalue weighted by atomic mass is 9.82. The van der Waals surface area contributed by atoms with Gasteiger partial charge in [0, 0.05) is 31.6 Å². The van der Waals surface area contributed by atoms with E-state index in [0.717, 1.165) is 27.5 Å². The summed E-state index contributed by atoms with van der Waals surface area (Å²) in [6.45, 7) is 0.904. The van der Waals surface area contributed by atoms with Crippen LogP contribution in [0.5, 0.6) is 11.5 Å². The molecule has 0 bridgehead atoms. The Bertz CT molecular complexity index is 1800. The molecular weight excluding hydrogens is 578 g/mol. The molecule has 5 aromatic rings. The molecule has 0 saturated heterocycles. The Morgan fingerprint density at radius 1 is 0.891 bits per heavy atom. The molecule has 234 valence electrons. The van der Waals surface area contributed by atoms with Crippen molar-refractivity contribution < 1.29 is 24.1 Å². The van der Waals surface area contributed by atoms with E-state index in [9.17, 15) is 4.79 Å². The molecule has 1 heterocycles. The average molecular weight is 616 g/mol. The van der Waals surface area contributed by atoms with E-state index in [-0.39, 0.29) is 12.5 Å². The summed E-state index contributed by atoms with van der Waals surface area (Å²) in [5.74, 6) is 1.37. The lowest BCUT2D eigenvalue weighted by Crippen LogP contribution is -2.53. The number of amides is 1. The summed E-state index contributed by atoms with van der Waals surface area (Å²) in [6, 6.07) is 39.1. The molecule has 46 heavy (non-hydrogen) atoms. The van der Waals surface area contributed by atoms with Crippen molar-refractivity contribution in [2.45, 2.75) is 31.0 Å². The smallest absolute Gasteiger partial charge is 0.266 e. The first-order valence-electron chi connectivity index (χ1n) is 15.4. The number of carbonyl (C=O) groups excluding carboxylic acids is 1. The number of benzene rings is 5. The predicted octanol–water partition coefficient (Wildman–Crippen LogP) is 5.93. The number of aliphatic imine (C=N–C) groups is 1. The quantitative estimate of drug-likeness (QED) is 0.112. The van der Waals surface area contributed by atoms with Crippen molar-refractivity contribution in [3.05, 3.63) is 144 Å². The minimum Gasteiger partial charge on any atom is -0.497 e. The zero-order valence-corrected chi connectivity index (χ0v) is 25.7. The second-order valence-electron chi connectivity index (χ2n) is 11.2. The average Bonchev–Trinajstić information content (AvgIpc) is 3.49. The van der Waals surface area contributed by atoms with E-state index in [1.54, 1.807) is 7.11 Å². The maximum absolute atomic E-state index is 14.5. The maximum Gasteiger partial charge on any atom is 0.266 e. The van der Waals surface area contributed by atoms with Gasteiger partial charge in [-0.25, -0.2) is 10.4 Å². The van der Waals surface area contributed by atoms with Crippen molar-refractivity contribution in [2.75, 3.05) is 20.3 Å². The van der Waals surface area contributed by atoms with Crippen molar-refractivity contribution in [3.8, 4) is 11.5 Å². The number of aliphatic hydroxyl groups is 1. The van der Waals surface area contributed by atoms with E-state index in [1.807, 2.05) is 103 Å². The number of hydrogen-bond acceptors (Lipinski definition) is 7. The SMILES string of the molecule is COc1cccc([C@@H]2OC(c3ccc(OCCCO)cc3)=N[C@]2(Cc2ccccc2)C(=O)NNCc2cccc3ccccc23)c1. The van der Waals surface area contributed by atoms with Crippen LogP contribution in [0.3, 0.4) is 0 Å². The fourth-order valence-corrected chi connectivity index (χ4v) is 5.77. The molecule has 0 unspecified atom stereocenters. The summed E-state index contributed by atoms with van der Waals surface area (Å²) in [7, 11) is 1.61. The summed E-state index contributed by atoms with van der Waals surface area (Å²) in [5, 5.41) is 11.3. The Morgan fingerprint density at radius 2 is 1.65 bits per heavy atom. The van der Waals surface area contributed by atoms with Crippen LogP contribution in [0.4, 0.5) is 0 Å². The van der Waals surface area contributed by atoms with Crippen LogP contribution in [0.1, 0.15) is 34.8 Å². The second-order valence-corrected chi connectivity index (χ2v) is 11.2. The summed E-state index contributed by atoms with van der Waals surface area (Å²) in [5.41, 5.74) is 8.30. The number of methoxy groups -OCH3 is 1. The third-order valence-corrected chi connectivity index (χ3v) is 8.10. The maximum atomic E-state index is 14.5. The summed E-state index contributed by atoms with van der Waals surface area (Å²) in [4.78, 5) is 19.6. The first kappa shape index (κ1) is 30.8. The van der Waals surface area contributed by atoms with E-state index in [1.165, 1.54) is 0 Å². The molecule has 1 aliphatic rings. The van der Waals surface area contributed by atoms with Gasteiger partial charge < -0.3 is 19.3 Å². The van der Waals surface area contributed by atoms with Crippen molar-refractivity contribution in [1.29, 1.82) is 0 Å². The van der Waals surface area contributed by atoms with E-state index in [4.69, 9.17) is 24.3 Å². The van der Waals surface area contributed by atoms with Gasteiger partial charge in [-0.05, 0) is 63.9 Å². The van der Waals surface area contributed by atoms with Gasteiger partial charge in [0.1, 0.15) is 11.5 Å². The third kappa shape index (κ3) is 6.73. The lowest BCUT2D eigenvalue weighted by molar-refractivity contribution is -0.130. The van der Waals surface area contributed by atoms with E-state index < -0.39 is 11.6 Å². The highest BCUT2D eigenvalue weighted by atomic mass is 16.5. The molecule has 1 amide bonds. The van der Waals surface area contributed by atoms with Gasteiger partial charge in [0.15, 0.2) is 11.6 Å². The van der Waals surface area contributed by atoms with Gasteiger partial charge in [-0.1, -0.05) is 84.9 Å². The molecule has 0 fully saturated rings. The van der Waals surface area contributed by atoms with Crippen LogP contribution in [0.2, 0.25) is 0 Å². The highest BCUT2D eigenvalue weighted by Gasteiger charge is 2.53. The standard InChI is InChI=1S/C38H37N3O5/c1-44-33-16-8-14-30(24-33)35-38(25-27-10-3-2-4-11-27,40-36(46-35)29-18-20-32(21-19-29)45-23-9-22-42)37(43)41-39-26-31-15-7-13-28-12-5-6-17-34(28)31/h2-8,10-21,24,35,39,42H,9,22-23,25-26H2,1H3,(H,41,43)/t35-,38-/m0/s1. The van der Waals surface area contributed by atoms with Crippen LogP contribution in [0.25, 0.3) is 10.8 Å². The number of hydrogen-bond donors (Lipinski definition) is 3. The Kier molecular flexibility index (Phi) is 9.57. The number of fused-ring (bicyclic) bond motifs is 1. The van der Waals surface area contributed by atoms with Crippen LogP contribution in [-0.4, -0.2) is 42.8 Å². The van der Waals surface area contributed by atoms with Crippen molar-refractivity contribution in [3.63, 3.8) is 0 Å². The molecule has 8 nitrogen and oxygen atoms in total. The third-order valence-electron chi connectivity index (χ3n) is 8.10. The van der Waals surface area contributed by atoms with Crippen LogP contribution in [0, 0.1) is 0 Å². The second kappa shape index (κ2) is 14.3. The minimum absolute atomic E-state index is 0.0662. The number of nitrogens with zero attached hydrogens (tertiary/aromatic N) is 1. The fourth-order valence-electron chi connectivity index (χ4n) is 5.77. The molecule has 0 aliphatic carbocycles. The van der Waals surface area contributed by atoms with E-state index in [0.29, 0.717) is 49.0 Å². The molecule has 6 rings (SSSR count). The molecule has 5 aromatic carbocycles. The molecule has 1 aliphatic heterocycles. The zero-order valence-electron chi connectivity index (χ0n) is 25.7. The van der Waals surface area contributed by atoms with Gasteiger partial charge in [0.25, 0.3) is 5.91 Å². The Morgan fingerprint density at radius 3 is 2.46 bits per heavy atom. The fraction of sp³-hybridized carbons (Fsp3) is 0.211. The molecular formula is C38H37N3O5. The number of ether oxygens (including phenoxy) is 3. The topological polar surface area (TPSA) is 101 Å². The number of rotatable bonds is 13. The molecule has 0 spiro atoms. The van der Waals surface area contributed by atoms with Crippen LogP contribution in [-0.2, 0) is 22.5 Å². The lowest BCUT2D eigenvalue weighted by Gasteiger charge is -2.31. The monoisotopic (exact) mass is 615 g/mol. The van der Waals surface area contributed by atoms with Gasteiger partial charge in [0.2, 0.25) is 5.90 Å². The number of hydrazine groups is 1. The van der Waals surface area contributed by atoms with E-state index >= 15 is 0 Å². The first-order valence-corrected chi connectivity index (χ1v) is 15.4. The molecule has 8 heteroatoms. The van der Waals surface area contributed by atoms with Crippen molar-refractivity contribution in [1.82, 2.24) is 10.9 Å². The number of carbonyl (C=O) groups is 1. The highest BCUT2D eigenvalue weighted by molar-refractivity contribution is 6.01. The van der Waals surface area contributed by atoms with Crippen LogP contribution < -0.4 is 20.3 Å². The summed E-state index contributed by atoms with van der Waals surface area (Å²) < 4.78 is 17.9. The molecule has 0 aromatic heterocycles. The van der Waals surface area contributed by atoms with Gasteiger partial charge in [-0.15, -0.1) is 0 Å². The number of aliphatic hydroxyl groups excluding tert-OH is 1. The Hall–Kier alpha value is -5.18. The van der Waals surface area contributed by atoms with Crippen molar-refractivity contribution >= 4 is 22.6 Å². The first-order chi connectivity index (χ1) is 22.6. The molecule has 2 atom stereocenters. The van der Waals surface area contributed by atoms with Crippen molar-refractivity contribution in [2.24, 2.45) is 4.99 Å². The van der Waals surface area contributed by atoms with Gasteiger partial charge >= 0.3 is 0 Å². The largest absolute Gasteiger partial charge is 0.497 e. The van der Waals surface area contributed by atoms with Gasteiger partial charge in [-0.3, -0.25) is 10.2 Å². The van der Waals surface area contributed by atoms with E-state index in [2.05, 4.69) is 29.1 Å². The van der Waals surface area contributed by atoms with Crippen LogP contribution >= 0.6 is 0 Å². The zero-order chi connectivity index (χ0) is 31.8. The highest BCUT2D eigenvalue weighted by Crippen LogP contribution is 2.43. The molecule has 0 saturated carbocycles. The number of nitrogens with one attached hydrogen (secondary N) is 2.